The maximum absolute atomic E-state index is 12.3. The molecule has 1 atom stereocenters. The lowest BCUT2D eigenvalue weighted by atomic mass is 10.1. The fourth-order valence-corrected chi connectivity index (χ4v) is 3.67. The average molecular weight is 392 g/mol. The van der Waals surface area contributed by atoms with Gasteiger partial charge in [-0.05, 0) is 60.3 Å². The van der Waals surface area contributed by atoms with Gasteiger partial charge < -0.3 is 25.3 Å². The van der Waals surface area contributed by atoms with Crippen molar-refractivity contribution in [1.82, 2.24) is 15.6 Å². The van der Waals surface area contributed by atoms with Crippen LogP contribution in [0.15, 0.2) is 48.5 Å². The van der Waals surface area contributed by atoms with E-state index in [9.17, 15) is 9.59 Å². The molecule has 2 aromatic carbocycles. The maximum atomic E-state index is 12.3. The number of aryl methyl sites for hydroxylation is 1. The summed E-state index contributed by atoms with van der Waals surface area (Å²) in [7, 11) is 1.60. The van der Waals surface area contributed by atoms with Crippen molar-refractivity contribution in [2.24, 2.45) is 0 Å². The topological polar surface area (TPSA) is 86.5 Å². The first kappa shape index (κ1) is 18.9. The minimum absolute atomic E-state index is 0.00579. The quantitative estimate of drug-likeness (QED) is 0.624. The third kappa shape index (κ3) is 4.18. The molecule has 7 heteroatoms. The zero-order chi connectivity index (χ0) is 20.4. The monoisotopic (exact) mass is 392 g/mol. The molecule has 3 aromatic rings. The molecule has 1 fully saturated rings. The Bertz CT molecular complexity index is 1040. The van der Waals surface area contributed by atoms with Crippen LogP contribution in [0.3, 0.4) is 0 Å². The first-order valence-electron chi connectivity index (χ1n) is 9.59. The Hall–Kier alpha value is -3.48. The smallest absolute Gasteiger partial charge is 0.315 e. The van der Waals surface area contributed by atoms with E-state index in [1.54, 1.807) is 12.0 Å². The summed E-state index contributed by atoms with van der Waals surface area (Å²) in [5.41, 5.74) is 4.01. The summed E-state index contributed by atoms with van der Waals surface area (Å²) in [6.07, 6.45) is 0.286. The van der Waals surface area contributed by atoms with Crippen LogP contribution in [0.5, 0.6) is 5.75 Å². The third-order valence-corrected chi connectivity index (χ3v) is 5.12. The first-order chi connectivity index (χ1) is 14.0. The second-order valence-electron chi connectivity index (χ2n) is 7.30. The number of hydrogen-bond donors (Lipinski definition) is 3. The number of hydrogen-bond acceptors (Lipinski definition) is 3. The number of nitrogens with one attached hydrogen (secondary N) is 3. The van der Waals surface area contributed by atoms with Crippen molar-refractivity contribution in [3.8, 4) is 5.75 Å². The molecule has 0 bridgehead atoms. The molecule has 0 spiro atoms. The predicted molar refractivity (Wildman–Crippen MR) is 112 cm³/mol. The zero-order valence-electron chi connectivity index (χ0n) is 16.5. The van der Waals surface area contributed by atoms with E-state index < -0.39 is 0 Å². The molecule has 0 unspecified atom stereocenters. The number of benzene rings is 2. The Morgan fingerprint density at radius 2 is 2.00 bits per heavy atom. The van der Waals surface area contributed by atoms with E-state index in [0.29, 0.717) is 13.1 Å². The third-order valence-electron chi connectivity index (χ3n) is 5.12. The zero-order valence-corrected chi connectivity index (χ0v) is 16.5. The van der Waals surface area contributed by atoms with E-state index in [1.165, 1.54) is 0 Å². The molecule has 29 heavy (non-hydrogen) atoms. The van der Waals surface area contributed by atoms with Gasteiger partial charge >= 0.3 is 6.03 Å². The number of aromatic nitrogens is 1. The molecule has 3 amide bonds. The highest BCUT2D eigenvalue weighted by Gasteiger charge is 2.31. The largest absolute Gasteiger partial charge is 0.497 e. The van der Waals surface area contributed by atoms with Gasteiger partial charge in [0.2, 0.25) is 5.91 Å². The molecule has 0 saturated carbocycles. The van der Waals surface area contributed by atoms with Gasteiger partial charge in [0.15, 0.2) is 0 Å². The van der Waals surface area contributed by atoms with Gasteiger partial charge in [-0.25, -0.2) is 4.79 Å². The number of urea groups is 1. The van der Waals surface area contributed by atoms with Crippen LogP contribution in [0, 0.1) is 6.92 Å². The van der Waals surface area contributed by atoms with Crippen molar-refractivity contribution >= 4 is 28.5 Å². The Labute approximate surface area is 169 Å². The number of carbonyl (C=O) groups excluding carboxylic acids is 2. The van der Waals surface area contributed by atoms with Crippen LogP contribution in [0.4, 0.5) is 10.5 Å². The minimum atomic E-state index is -0.273. The normalized spacial score (nSPS) is 16.3. The Morgan fingerprint density at radius 3 is 2.76 bits per heavy atom. The lowest BCUT2D eigenvalue weighted by Crippen LogP contribution is -2.43. The van der Waals surface area contributed by atoms with Gasteiger partial charge in [0.1, 0.15) is 5.75 Å². The standard InChI is InChI=1S/C22H24N4O3/c1-14-9-16-10-15(3-8-20(16)24-14)12-23-22(28)25-17-11-21(27)26(13-17)18-4-6-19(29-2)7-5-18/h3-10,17,24H,11-13H2,1-2H3,(H2,23,25,28)/t17-/m0/s1. The van der Waals surface area contributed by atoms with Crippen LogP contribution in [0.1, 0.15) is 17.7 Å². The van der Waals surface area contributed by atoms with Crippen molar-refractivity contribution in [2.75, 3.05) is 18.6 Å². The molecule has 1 aromatic heterocycles. The Morgan fingerprint density at radius 1 is 1.21 bits per heavy atom. The number of ether oxygens (including phenoxy) is 1. The number of fused-ring (bicyclic) bond motifs is 1. The van der Waals surface area contributed by atoms with Crippen LogP contribution in [0.25, 0.3) is 10.9 Å². The minimum Gasteiger partial charge on any atom is -0.497 e. The van der Waals surface area contributed by atoms with Crippen molar-refractivity contribution in [1.29, 1.82) is 0 Å². The van der Waals surface area contributed by atoms with Gasteiger partial charge in [0.25, 0.3) is 0 Å². The van der Waals surface area contributed by atoms with E-state index in [2.05, 4.69) is 27.8 Å². The second kappa shape index (κ2) is 7.87. The Balaban J connectivity index is 1.31. The van der Waals surface area contributed by atoms with E-state index in [4.69, 9.17) is 4.74 Å². The summed E-state index contributed by atoms with van der Waals surface area (Å²) in [5, 5.41) is 6.90. The maximum Gasteiger partial charge on any atom is 0.315 e. The second-order valence-corrected chi connectivity index (χ2v) is 7.30. The summed E-state index contributed by atoms with van der Waals surface area (Å²) in [6, 6.07) is 15.0. The SMILES string of the molecule is COc1ccc(N2C[C@@H](NC(=O)NCc3ccc4[nH]c(C)cc4c3)CC2=O)cc1. The lowest BCUT2D eigenvalue weighted by Gasteiger charge is -2.18. The van der Waals surface area contributed by atoms with Crippen LogP contribution in [-0.2, 0) is 11.3 Å². The predicted octanol–water partition coefficient (Wildman–Crippen LogP) is 3.09. The molecule has 2 heterocycles. The van der Waals surface area contributed by atoms with E-state index >= 15 is 0 Å². The van der Waals surface area contributed by atoms with Crippen LogP contribution in [0.2, 0.25) is 0 Å². The fourth-order valence-electron chi connectivity index (χ4n) is 3.67. The summed E-state index contributed by atoms with van der Waals surface area (Å²) in [6.45, 7) is 2.89. The number of methoxy groups -OCH3 is 1. The number of aromatic amines is 1. The van der Waals surface area contributed by atoms with E-state index in [-0.39, 0.29) is 24.4 Å². The van der Waals surface area contributed by atoms with Gasteiger partial charge in [-0.3, -0.25) is 4.79 Å². The van der Waals surface area contributed by atoms with E-state index in [0.717, 1.165) is 33.6 Å². The van der Waals surface area contributed by atoms with Gasteiger partial charge in [0, 0.05) is 36.4 Å². The first-order valence-corrected chi connectivity index (χ1v) is 9.59. The average Bonchev–Trinajstić information content (AvgIpc) is 3.27. The van der Waals surface area contributed by atoms with Gasteiger partial charge in [-0.2, -0.15) is 0 Å². The lowest BCUT2D eigenvalue weighted by molar-refractivity contribution is -0.117. The number of nitrogens with zero attached hydrogens (tertiary/aromatic N) is 1. The van der Waals surface area contributed by atoms with E-state index in [1.807, 2.05) is 43.3 Å². The highest BCUT2D eigenvalue weighted by atomic mass is 16.5. The van der Waals surface area contributed by atoms with Gasteiger partial charge in [-0.15, -0.1) is 0 Å². The summed E-state index contributed by atoms with van der Waals surface area (Å²) >= 11 is 0. The highest BCUT2D eigenvalue weighted by molar-refractivity contribution is 5.96. The van der Waals surface area contributed by atoms with Crippen molar-refractivity contribution < 1.29 is 14.3 Å². The molecular weight excluding hydrogens is 368 g/mol. The molecule has 3 N–H and O–H groups in total. The molecule has 0 radical (unpaired) electrons. The molecule has 1 aliphatic rings. The molecular formula is C22H24N4O3. The summed E-state index contributed by atoms with van der Waals surface area (Å²) in [5.74, 6) is 0.733. The molecule has 1 saturated heterocycles. The molecule has 1 aliphatic heterocycles. The molecule has 4 rings (SSSR count). The summed E-state index contributed by atoms with van der Waals surface area (Å²) < 4.78 is 5.15. The fraction of sp³-hybridized carbons (Fsp3) is 0.273. The number of carbonyl (C=O) groups is 2. The van der Waals surface area contributed by atoms with Crippen molar-refractivity contribution in [3.05, 3.63) is 59.8 Å². The number of anilines is 1. The van der Waals surface area contributed by atoms with Crippen LogP contribution < -0.4 is 20.3 Å². The summed E-state index contributed by atoms with van der Waals surface area (Å²) in [4.78, 5) is 29.6. The number of rotatable bonds is 5. The van der Waals surface area contributed by atoms with Crippen LogP contribution in [-0.4, -0.2) is 36.6 Å². The number of H-pyrrole nitrogens is 1. The van der Waals surface area contributed by atoms with Gasteiger partial charge in [0.05, 0.1) is 13.2 Å². The van der Waals surface area contributed by atoms with Gasteiger partial charge in [-0.1, -0.05) is 6.07 Å². The number of amides is 3. The Kier molecular flexibility index (Phi) is 5.12. The van der Waals surface area contributed by atoms with Crippen LogP contribution >= 0.6 is 0 Å². The highest BCUT2D eigenvalue weighted by Crippen LogP contribution is 2.24. The molecule has 7 nitrogen and oxygen atoms in total. The van der Waals surface area contributed by atoms with Crippen molar-refractivity contribution in [3.63, 3.8) is 0 Å². The molecule has 150 valence electrons. The molecule has 0 aliphatic carbocycles. The van der Waals surface area contributed by atoms with Crippen molar-refractivity contribution in [2.45, 2.75) is 25.9 Å².